The molecule has 0 spiro atoms. The van der Waals surface area contributed by atoms with Gasteiger partial charge in [0, 0.05) is 28.2 Å². The van der Waals surface area contributed by atoms with Crippen molar-refractivity contribution in [2.45, 2.75) is 70.7 Å². The summed E-state index contributed by atoms with van der Waals surface area (Å²) >= 11 is 3.48. The minimum absolute atomic E-state index is 0.0141. The third-order valence-electron chi connectivity index (χ3n) is 6.44. The third-order valence-corrected chi connectivity index (χ3v) is 6.93. The second-order valence-electron chi connectivity index (χ2n) is 11.0. The smallest absolute Gasteiger partial charge is 0.407 e. The van der Waals surface area contributed by atoms with Gasteiger partial charge in [0.15, 0.2) is 0 Å². The zero-order valence-corrected chi connectivity index (χ0v) is 25.0. The molecule has 0 atom stereocenters. The molecule has 214 valence electrons. The first-order valence-corrected chi connectivity index (χ1v) is 14.4. The molecule has 0 unspecified atom stereocenters. The third kappa shape index (κ3) is 9.54. The fourth-order valence-electron chi connectivity index (χ4n) is 4.50. The molecular formula is C32H34BrN3O5. The van der Waals surface area contributed by atoms with Gasteiger partial charge in [0.1, 0.15) is 29.5 Å². The van der Waals surface area contributed by atoms with Crippen LogP contribution in [0.25, 0.3) is 0 Å². The number of nitriles is 1. The van der Waals surface area contributed by atoms with Crippen LogP contribution in [-0.2, 0) is 11.3 Å². The number of nitrogens with one attached hydrogen (secondary N) is 2. The molecule has 0 bridgehead atoms. The van der Waals surface area contributed by atoms with Crippen molar-refractivity contribution in [2.75, 3.05) is 0 Å². The van der Waals surface area contributed by atoms with E-state index in [0.717, 1.165) is 35.7 Å². The first-order chi connectivity index (χ1) is 19.6. The first kappa shape index (κ1) is 29.9. The predicted molar refractivity (Wildman–Crippen MR) is 159 cm³/mol. The van der Waals surface area contributed by atoms with Gasteiger partial charge in [-0.2, -0.15) is 5.26 Å². The molecule has 0 heterocycles. The molecule has 0 radical (unpaired) electrons. The molecule has 41 heavy (non-hydrogen) atoms. The summed E-state index contributed by atoms with van der Waals surface area (Å²) in [4.78, 5) is 25.4. The van der Waals surface area contributed by atoms with Crippen molar-refractivity contribution in [1.82, 2.24) is 10.6 Å². The first-order valence-electron chi connectivity index (χ1n) is 13.6. The Balaban J connectivity index is 1.43. The van der Waals surface area contributed by atoms with Crippen LogP contribution in [0.15, 0.2) is 71.2 Å². The number of rotatable bonds is 8. The van der Waals surface area contributed by atoms with E-state index in [-0.39, 0.29) is 18.0 Å². The standard InChI is InChI=1S/C32H34BrN3O5/c1-32(2,3)41-31(38)36-26-11-9-25(10-12-26)35-30(37)23-16-28(39-20-22-5-4-6-24(33)15-22)18-29(17-23)40-27-13-7-21(19-34)8-14-27/h4-8,13-18,25-26H,9-12,20H2,1-3H3,(H,35,37)(H,36,38). The number of hydrogen-bond donors (Lipinski definition) is 2. The fraction of sp³-hybridized carbons (Fsp3) is 0.344. The molecule has 0 aliphatic heterocycles. The van der Waals surface area contributed by atoms with Crippen LogP contribution < -0.4 is 20.1 Å². The summed E-state index contributed by atoms with van der Waals surface area (Å²) in [6, 6.07) is 21.8. The molecule has 1 fully saturated rings. The Morgan fingerprint density at radius 2 is 1.56 bits per heavy atom. The Hall–Kier alpha value is -4.03. The van der Waals surface area contributed by atoms with E-state index in [2.05, 4.69) is 32.6 Å². The topological polar surface area (TPSA) is 110 Å². The lowest BCUT2D eigenvalue weighted by Gasteiger charge is -2.30. The summed E-state index contributed by atoms with van der Waals surface area (Å²) < 4.78 is 18.4. The van der Waals surface area contributed by atoms with Gasteiger partial charge in [-0.1, -0.05) is 28.1 Å². The molecule has 1 aliphatic carbocycles. The predicted octanol–water partition coefficient (Wildman–Crippen LogP) is 7.26. The van der Waals surface area contributed by atoms with Crippen LogP contribution in [0, 0.1) is 11.3 Å². The van der Waals surface area contributed by atoms with Crippen LogP contribution in [0.2, 0.25) is 0 Å². The second kappa shape index (κ2) is 13.6. The maximum atomic E-state index is 13.3. The van der Waals surface area contributed by atoms with E-state index in [4.69, 9.17) is 19.5 Å². The van der Waals surface area contributed by atoms with E-state index in [9.17, 15) is 9.59 Å². The highest BCUT2D eigenvalue weighted by Crippen LogP contribution is 2.29. The van der Waals surface area contributed by atoms with Crippen LogP contribution in [0.5, 0.6) is 17.2 Å². The van der Waals surface area contributed by atoms with E-state index in [1.807, 2.05) is 45.0 Å². The van der Waals surface area contributed by atoms with Crippen molar-refractivity contribution >= 4 is 27.9 Å². The van der Waals surface area contributed by atoms with E-state index < -0.39 is 11.7 Å². The highest BCUT2D eigenvalue weighted by atomic mass is 79.9. The van der Waals surface area contributed by atoms with Crippen molar-refractivity contribution in [3.63, 3.8) is 0 Å². The van der Waals surface area contributed by atoms with Gasteiger partial charge in [0.2, 0.25) is 0 Å². The summed E-state index contributed by atoms with van der Waals surface area (Å²) in [6.07, 6.45) is 2.54. The number of halogens is 1. The molecule has 8 nitrogen and oxygen atoms in total. The Kier molecular flexibility index (Phi) is 9.90. The van der Waals surface area contributed by atoms with E-state index in [1.54, 1.807) is 42.5 Å². The van der Waals surface area contributed by atoms with Gasteiger partial charge in [-0.15, -0.1) is 0 Å². The minimum atomic E-state index is -0.548. The van der Waals surface area contributed by atoms with Crippen LogP contribution in [0.1, 0.15) is 67.9 Å². The number of hydrogen-bond acceptors (Lipinski definition) is 6. The molecule has 1 aliphatic rings. The molecule has 2 amide bonds. The Morgan fingerprint density at radius 1 is 0.902 bits per heavy atom. The lowest BCUT2D eigenvalue weighted by atomic mass is 9.91. The average Bonchev–Trinajstić information content (AvgIpc) is 2.92. The second-order valence-corrected chi connectivity index (χ2v) is 11.9. The quantitative estimate of drug-likeness (QED) is 0.275. The van der Waals surface area contributed by atoms with E-state index in [0.29, 0.717) is 35.0 Å². The number of alkyl carbamates (subject to hydrolysis) is 1. The van der Waals surface area contributed by atoms with Crippen molar-refractivity contribution in [2.24, 2.45) is 0 Å². The fourth-order valence-corrected chi connectivity index (χ4v) is 4.94. The number of ether oxygens (including phenoxy) is 3. The highest BCUT2D eigenvalue weighted by Gasteiger charge is 2.26. The summed E-state index contributed by atoms with van der Waals surface area (Å²) in [5, 5.41) is 15.1. The number of amides is 2. The largest absolute Gasteiger partial charge is 0.489 e. The summed E-state index contributed by atoms with van der Waals surface area (Å²) in [5.41, 5.74) is 1.36. The van der Waals surface area contributed by atoms with Gasteiger partial charge in [-0.3, -0.25) is 4.79 Å². The molecule has 2 N–H and O–H groups in total. The molecule has 4 rings (SSSR count). The van der Waals surface area contributed by atoms with Gasteiger partial charge >= 0.3 is 6.09 Å². The van der Waals surface area contributed by atoms with Crippen LogP contribution in [0.4, 0.5) is 4.79 Å². The number of carbonyl (C=O) groups excluding carboxylic acids is 2. The van der Waals surface area contributed by atoms with E-state index in [1.165, 1.54) is 0 Å². The number of carbonyl (C=O) groups is 2. The van der Waals surface area contributed by atoms with Crippen molar-refractivity contribution in [3.05, 3.63) is 87.9 Å². The van der Waals surface area contributed by atoms with Gasteiger partial charge in [0.25, 0.3) is 5.91 Å². The monoisotopic (exact) mass is 619 g/mol. The van der Waals surface area contributed by atoms with Crippen molar-refractivity contribution in [3.8, 4) is 23.3 Å². The molecule has 0 saturated heterocycles. The summed E-state index contributed by atoms with van der Waals surface area (Å²) in [6.45, 7) is 5.82. The summed E-state index contributed by atoms with van der Waals surface area (Å²) in [7, 11) is 0. The Bertz CT molecular complexity index is 1400. The van der Waals surface area contributed by atoms with Gasteiger partial charge < -0.3 is 24.8 Å². The molecule has 9 heteroatoms. The molecule has 1 saturated carbocycles. The maximum Gasteiger partial charge on any atom is 0.407 e. The lowest BCUT2D eigenvalue weighted by molar-refractivity contribution is 0.0488. The van der Waals surface area contributed by atoms with Gasteiger partial charge in [-0.05, 0) is 101 Å². The zero-order valence-electron chi connectivity index (χ0n) is 23.4. The molecule has 3 aromatic carbocycles. The van der Waals surface area contributed by atoms with Crippen LogP contribution in [-0.4, -0.2) is 29.7 Å². The zero-order chi connectivity index (χ0) is 29.4. The molecular weight excluding hydrogens is 586 g/mol. The maximum absolute atomic E-state index is 13.3. The lowest BCUT2D eigenvalue weighted by Crippen LogP contribution is -2.45. The highest BCUT2D eigenvalue weighted by molar-refractivity contribution is 9.10. The Labute approximate surface area is 249 Å². The van der Waals surface area contributed by atoms with Crippen LogP contribution in [0.3, 0.4) is 0 Å². The van der Waals surface area contributed by atoms with E-state index >= 15 is 0 Å². The van der Waals surface area contributed by atoms with Crippen molar-refractivity contribution in [1.29, 1.82) is 5.26 Å². The SMILES string of the molecule is CC(C)(C)OC(=O)NC1CCC(NC(=O)c2cc(OCc3cccc(Br)c3)cc(Oc3ccc(C#N)cc3)c2)CC1. The normalized spacial score (nSPS) is 16.7. The van der Waals surface area contributed by atoms with Crippen LogP contribution >= 0.6 is 15.9 Å². The van der Waals surface area contributed by atoms with Gasteiger partial charge in [0.05, 0.1) is 11.6 Å². The average molecular weight is 621 g/mol. The van der Waals surface area contributed by atoms with Crippen molar-refractivity contribution < 1.29 is 23.8 Å². The summed E-state index contributed by atoms with van der Waals surface area (Å²) in [5.74, 6) is 1.24. The molecule has 0 aromatic heterocycles. The minimum Gasteiger partial charge on any atom is -0.489 e. The number of nitrogens with zero attached hydrogens (tertiary/aromatic N) is 1. The Morgan fingerprint density at radius 3 is 2.20 bits per heavy atom. The molecule has 3 aromatic rings. The number of benzene rings is 3. The van der Waals surface area contributed by atoms with Gasteiger partial charge in [-0.25, -0.2) is 4.79 Å².